The van der Waals surface area contributed by atoms with Gasteiger partial charge >= 0.3 is 0 Å². The summed E-state index contributed by atoms with van der Waals surface area (Å²) >= 11 is 0. The van der Waals surface area contributed by atoms with Crippen LogP contribution in [0.1, 0.15) is 18.9 Å². The molecule has 3 rings (SSSR count). The SMILES string of the molecule is CCCNCc1c2ccccc2cc2ccccc12. The highest BCUT2D eigenvalue weighted by atomic mass is 14.8. The first-order valence-electron chi connectivity index (χ1n) is 7.00. The molecule has 0 fully saturated rings. The first-order valence-corrected chi connectivity index (χ1v) is 7.00. The van der Waals surface area contributed by atoms with Gasteiger partial charge in [-0.25, -0.2) is 0 Å². The molecular formula is C18H19N. The smallest absolute Gasteiger partial charge is 0.0217 e. The van der Waals surface area contributed by atoms with Gasteiger partial charge in [0.1, 0.15) is 0 Å². The number of hydrogen-bond donors (Lipinski definition) is 1. The van der Waals surface area contributed by atoms with Crippen LogP contribution in [0.25, 0.3) is 21.5 Å². The average Bonchev–Trinajstić information content (AvgIpc) is 2.46. The Morgan fingerprint density at radius 3 is 2.00 bits per heavy atom. The summed E-state index contributed by atoms with van der Waals surface area (Å²) in [6, 6.07) is 19.6. The normalized spacial score (nSPS) is 11.2. The van der Waals surface area contributed by atoms with Crippen LogP contribution in [-0.4, -0.2) is 6.54 Å². The molecule has 1 N–H and O–H groups in total. The summed E-state index contributed by atoms with van der Waals surface area (Å²) in [6.07, 6.45) is 1.17. The van der Waals surface area contributed by atoms with E-state index in [1.54, 1.807) is 0 Å². The molecule has 0 saturated carbocycles. The van der Waals surface area contributed by atoms with Gasteiger partial charge in [0.2, 0.25) is 0 Å². The van der Waals surface area contributed by atoms with Crippen LogP contribution in [0.15, 0.2) is 54.6 Å². The van der Waals surface area contributed by atoms with Crippen molar-refractivity contribution in [3.05, 3.63) is 60.2 Å². The Morgan fingerprint density at radius 1 is 0.842 bits per heavy atom. The molecule has 0 amide bonds. The molecule has 0 atom stereocenters. The molecule has 1 nitrogen and oxygen atoms in total. The van der Waals surface area contributed by atoms with Gasteiger partial charge in [0.05, 0.1) is 0 Å². The van der Waals surface area contributed by atoms with E-state index in [9.17, 15) is 0 Å². The second kappa shape index (κ2) is 5.41. The molecule has 0 radical (unpaired) electrons. The van der Waals surface area contributed by atoms with Crippen molar-refractivity contribution >= 4 is 21.5 Å². The maximum Gasteiger partial charge on any atom is 0.0217 e. The predicted molar refractivity (Wildman–Crippen MR) is 83.5 cm³/mol. The van der Waals surface area contributed by atoms with E-state index in [1.807, 2.05) is 0 Å². The number of benzene rings is 3. The zero-order chi connectivity index (χ0) is 13.1. The van der Waals surface area contributed by atoms with Crippen molar-refractivity contribution in [2.45, 2.75) is 19.9 Å². The maximum atomic E-state index is 3.54. The Labute approximate surface area is 114 Å². The van der Waals surface area contributed by atoms with Crippen molar-refractivity contribution in [1.82, 2.24) is 5.32 Å². The van der Waals surface area contributed by atoms with Gasteiger partial charge in [-0.1, -0.05) is 55.5 Å². The van der Waals surface area contributed by atoms with E-state index >= 15 is 0 Å². The van der Waals surface area contributed by atoms with Crippen LogP contribution < -0.4 is 5.32 Å². The maximum absolute atomic E-state index is 3.54. The van der Waals surface area contributed by atoms with Crippen molar-refractivity contribution in [3.63, 3.8) is 0 Å². The van der Waals surface area contributed by atoms with Gasteiger partial charge in [0.15, 0.2) is 0 Å². The van der Waals surface area contributed by atoms with Gasteiger partial charge in [0, 0.05) is 6.54 Å². The Balaban J connectivity index is 2.21. The minimum atomic E-state index is 0.940. The van der Waals surface area contributed by atoms with Crippen LogP contribution in [0, 0.1) is 0 Å². The Hall–Kier alpha value is -1.86. The van der Waals surface area contributed by atoms with Crippen molar-refractivity contribution in [2.24, 2.45) is 0 Å². The van der Waals surface area contributed by atoms with Gasteiger partial charge in [-0.05, 0) is 46.1 Å². The second-order valence-electron chi connectivity index (χ2n) is 4.97. The molecule has 0 aliphatic rings. The Bertz CT molecular complexity index is 646. The summed E-state index contributed by atoms with van der Waals surface area (Å²) in [5.74, 6) is 0. The van der Waals surface area contributed by atoms with Crippen LogP contribution in [0.2, 0.25) is 0 Å². The van der Waals surface area contributed by atoms with Gasteiger partial charge in [0.25, 0.3) is 0 Å². The molecule has 19 heavy (non-hydrogen) atoms. The predicted octanol–water partition coefficient (Wildman–Crippen LogP) is 4.49. The van der Waals surface area contributed by atoms with Crippen molar-refractivity contribution in [2.75, 3.05) is 6.54 Å². The van der Waals surface area contributed by atoms with Crippen molar-refractivity contribution in [3.8, 4) is 0 Å². The molecule has 0 aliphatic carbocycles. The van der Waals surface area contributed by atoms with Crippen LogP contribution in [-0.2, 0) is 6.54 Å². The van der Waals surface area contributed by atoms with E-state index < -0.39 is 0 Å². The Kier molecular flexibility index (Phi) is 3.47. The molecule has 0 bridgehead atoms. The summed E-state index contributed by atoms with van der Waals surface area (Å²) < 4.78 is 0. The molecule has 0 saturated heterocycles. The first kappa shape index (κ1) is 12.2. The lowest BCUT2D eigenvalue weighted by molar-refractivity contribution is 0.680. The second-order valence-corrected chi connectivity index (χ2v) is 4.97. The van der Waals surface area contributed by atoms with Gasteiger partial charge in [-0.2, -0.15) is 0 Å². The third kappa shape index (κ3) is 2.34. The fourth-order valence-electron chi connectivity index (χ4n) is 2.69. The molecule has 0 heterocycles. The zero-order valence-electron chi connectivity index (χ0n) is 11.3. The third-order valence-corrected chi connectivity index (χ3v) is 3.61. The summed E-state index contributed by atoms with van der Waals surface area (Å²) in [5.41, 5.74) is 1.42. The summed E-state index contributed by atoms with van der Waals surface area (Å²) in [6.45, 7) is 4.21. The average molecular weight is 249 g/mol. The van der Waals surface area contributed by atoms with Crippen molar-refractivity contribution < 1.29 is 0 Å². The molecule has 1 heteroatoms. The van der Waals surface area contributed by atoms with Crippen LogP contribution in [0.5, 0.6) is 0 Å². The van der Waals surface area contributed by atoms with Gasteiger partial charge in [-0.15, -0.1) is 0 Å². The molecular weight excluding hydrogens is 230 g/mol. The lowest BCUT2D eigenvalue weighted by Crippen LogP contribution is -2.14. The van der Waals surface area contributed by atoms with Gasteiger partial charge < -0.3 is 5.32 Å². The molecule has 3 aromatic rings. The summed E-state index contributed by atoms with van der Waals surface area (Å²) in [4.78, 5) is 0. The third-order valence-electron chi connectivity index (χ3n) is 3.61. The van der Waals surface area contributed by atoms with E-state index in [0.29, 0.717) is 0 Å². The molecule has 0 unspecified atom stereocenters. The molecule has 96 valence electrons. The number of fused-ring (bicyclic) bond motifs is 2. The molecule has 0 aliphatic heterocycles. The van der Waals surface area contributed by atoms with E-state index in [2.05, 4.69) is 66.8 Å². The highest BCUT2D eigenvalue weighted by Crippen LogP contribution is 2.28. The molecule has 0 spiro atoms. The van der Waals surface area contributed by atoms with Crippen LogP contribution in [0.3, 0.4) is 0 Å². The van der Waals surface area contributed by atoms with E-state index in [4.69, 9.17) is 0 Å². The lowest BCUT2D eigenvalue weighted by Gasteiger charge is -2.12. The van der Waals surface area contributed by atoms with Crippen molar-refractivity contribution in [1.29, 1.82) is 0 Å². The fraction of sp³-hybridized carbons (Fsp3) is 0.222. The topological polar surface area (TPSA) is 12.0 Å². The standard InChI is InChI=1S/C18H19N/c1-2-11-19-13-18-16-9-5-3-7-14(16)12-15-8-4-6-10-17(15)18/h3-10,12,19H,2,11,13H2,1H3. The largest absolute Gasteiger partial charge is 0.313 e. The Morgan fingerprint density at radius 2 is 1.42 bits per heavy atom. The van der Waals surface area contributed by atoms with Crippen LogP contribution in [0.4, 0.5) is 0 Å². The number of rotatable bonds is 4. The molecule has 0 aromatic heterocycles. The first-order chi connectivity index (χ1) is 9.40. The monoisotopic (exact) mass is 249 g/mol. The number of hydrogen-bond acceptors (Lipinski definition) is 1. The highest BCUT2D eigenvalue weighted by molar-refractivity contribution is 6.02. The highest BCUT2D eigenvalue weighted by Gasteiger charge is 2.06. The quantitative estimate of drug-likeness (QED) is 0.530. The van der Waals surface area contributed by atoms with Crippen LogP contribution >= 0.6 is 0 Å². The van der Waals surface area contributed by atoms with E-state index in [0.717, 1.165) is 13.1 Å². The van der Waals surface area contributed by atoms with E-state index in [-0.39, 0.29) is 0 Å². The molecule has 3 aromatic carbocycles. The fourth-order valence-corrected chi connectivity index (χ4v) is 2.69. The summed E-state index contributed by atoms with van der Waals surface area (Å²) in [5, 5.41) is 8.92. The lowest BCUT2D eigenvalue weighted by atomic mass is 9.97. The summed E-state index contributed by atoms with van der Waals surface area (Å²) in [7, 11) is 0. The van der Waals surface area contributed by atoms with Gasteiger partial charge in [-0.3, -0.25) is 0 Å². The number of nitrogens with one attached hydrogen (secondary N) is 1. The minimum Gasteiger partial charge on any atom is -0.313 e. The van der Waals surface area contributed by atoms with E-state index in [1.165, 1.54) is 33.5 Å². The minimum absolute atomic E-state index is 0.940. The zero-order valence-corrected chi connectivity index (χ0v) is 11.3.